The Labute approximate surface area is 149 Å². The van der Waals surface area contributed by atoms with Crippen LogP contribution < -0.4 is 10.6 Å². The van der Waals surface area contributed by atoms with Crippen LogP contribution in [0.4, 0.5) is 0 Å². The summed E-state index contributed by atoms with van der Waals surface area (Å²) in [4.78, 5) is 8.63. The summed E-state index contributed by atoms with van der Waals surface area (Å²) in [5.41, 5.74) is 0. The molecule has 1 aromatic heterocycles. The predicted molar refractivity (Wildman–Crippen MR) is 98.5 cm³/mol. The molecule has 0 bridgehead atoms. The van der Waals surface area contributed by atoms with Gasteiger partial charge in [-0.2, -0.15) is 4.98 Å². The monoisotopic (exact) mass is 421 g/mol. The molecule has 0 amide bonds. The third kappa shape index (κ3) is 6.93. The zero-order valence-corrected chi connectivity index (χ0v) is 15.9. The summed E-state index contributed by atoms with van der Waals surface area (Å²) < 4.78 is 4.94. The van der Waals surface area contributed by atoms with Gasteiger partial charge >= 0.3 is 0 Å². The Balaban J connectivity index is 0.00000242. The Kier molecular flexibility index (Phi) is 9.42. The van der Waals surface area contributed by atoms with Crippen molar-refractivity contribution in [1.29, 1.82) is 0 Å². The summed E-state index contributed by atoms with van der Waals surface area (Å²) in [6.07, 6.45) is 8.22. The van der Waals surface area contributed by atoms with E-state index < -0.39 is 0 Å². The van der Waals surface area contributed by atoms with Gasteiger partial charge in [0.15, 0.2) is 11.8 Å². The number of halogens is 1. The molecule has 0 radical (unpaired) electrons. The zero-order chi connectivity index (χ0) is 14.9. The first-order valence-corrected chi connectivity index (χ1v) is 8.09. The maximum Gasteiger partial charge on any atom is 0.223 e. The number of guanidine groups is 1. The summed E-state index contributed by atoms with van der Waals surface area (Å²) >= 11 is 0. The standard InChI is InChI=1S/C15H27N5O.HI/c1-3-16-15(18-11-14-19-12(2)21-20-14)17-10-6-9-13-7-4-5-8-13;/h13H,3-11H2,1-2H3,(H2,16,17,18);1H. The van der Waals surface area contributed by atoms with Gasteiger partial charge in [0.2, 0.25) is 5.89 Å². The smallest absolute Gasteiger partial charge is 0.223 e. The second-order valence-electron chi connectivity index (χ2n) is 5.64. The summed E-state index contributed by atoms with van der Waals surface area (Å²) in [5.74, 6) is 2.98. The minimum atomic E-state index is 0. The highest BCUT2D eigenvalue weighted by atomic mass is 127. The van der Waals surface area contributed by atoms with Gasteiger partial charge in [-0.1, -0.05) is 30.8 Å². The topological polar surface area (TPSA) is 75.3 Å². The number of hydrogen-bond donors (Lipinski definition) is 2. The van der Waals surface area contributed by atoms with Gasteiger partial charge in [-0.3, -0.25) is 0 Å². The summed E-state index contributed by atoms with van der Waals surface area (Å²) in [6, 6.07) is 0. The highest BCUT2D eigenvalue weighted by Crippen LogP contribution is 2.28. The second kappa shape index (κ2) is 10.8. The van der Waals surface area contributed by atoms with Crippen molar-refractivity contribution in [2.75, 3.05) is 13.1 Å². The van der Waals surface area contributed by atoms with Gasteiger partial charge in [0.1, 0.15) is 6.54 Å². The highest BCUT2D eigenvalue weighted by Gasteiger charge is 2.14. The molecule has 1 saturated carbocycles. The van der Waals surface area contributed by atoms with Crippen LogP contribution in [0.25, 0.3) is 0 Å². The molecule has 22 heavy (non-hydrogen) atoms. The van der Waals surface area contributed by atoms with Crippen LogP contribution in [0.3, 0.4) is 0 Å². The van der Waals surface area contributed by atoms with Crippen LogP contribution in [-0.4, -0.2) is 29.2 Å². The lowest BCUT2D eigenvalue weighted by atomic mass is 10.0. The van der Waals surface area contributed by atoms with Gasteiger partial charge < -0.3 is 15.2 Å². The number of aromatic nitrogens is 2. The lowest BCUT2D eigenvalue weighted by Gasteiger charge is -2.12. The molecule has 0 aromatic carbocycles. The van der Waals surface area contributed by atoms with E-state index in [0.29, 0.717) is 18.3 Å². The van der Waals surface area contributed by atoms with Crippen LogP contribution in [0.15, 0.2) is 9.52 Å². The van der Waals surface area contributed by atoms with E-state index in [9.17, 15) is 0 Å². The molecule has 1 aromatic rings. The fraction of sp³-hybridized carbons (Fsp3) is 0.800. The van der Waals surface area contributed by atoms with Crippen molar-refractivity contribution in [1.82, 2.24) is 20.8 Å². The fourth-order valence-corrected chi connectivity index (χ4v) is 2.79. The molecule has 0 atom stereocenters. The van der Waals surface area contributed by atoms with Crippen LogP contribution >= 0.6 is 24.0 Å². The molecule has 6 nitrogen and oxygen atoms in total. The van der Waals surface area contributed by atoms with E-state index in [-0.39, 0.29) is 24.0 Å². The van der Waals surface area contributed by atoms with Crippen LogP contribution in [0.2, 0.25) is 0 Å². The normalized spacial score (nSPS) is 15.6. The number of aryl methyl sites for hydroxylation is 1. The number of hydrogen-bond acceptors (Lipinski definition) is 4. The molecular formula is C15H28IN5O. The maximum atomic E-state index is 4.94. The Bertz CT molecular complexity index is 443. The van der Waals surface area contributed by atoms with Crippen molar-refractivity contribution in [3.63, 3.8) is 0 Å². The van der Waals surface area contributed by atoms with E-state index in [0.717, 1.165) is 25.0 Å². The van der Waals surface area contributed by atoms with E-state index in [1.54, 1.807) is 6.92 Å². The molecule has 1 heterocycles. The molecule has 1 aliphatic carbocycles. The quantitative estimate of drug-likeness (QED) is 0.307. The van der Waals surface area contributed by atoms with Crippen LogP contribution in [0.1, 0.15) is 57.2 Å². The SMILES string of the molecule is CCNC(=NCc1noc(C)n1)NCCCC1CCCC1.I. The summed E-state index contributed by atoms with van der Waals surface area (Å²) in [7, 11) is 0. The van der Waals surface area contributed by atoms with E-state index in [1.807, 2.05) is 0 Å². The number of nitrogens with zero attached hydrogens (tertiary/aromatic N) is 3. The molecule has 7 heteroatoms. The number of aliphatic imine (C=N–C) groups is 1. The van der Waals surface area contributed by atoms with E-state index in [2.05, 4.69) is 32.7 Å². The molecule has 2 N–H and O–H groups in total. The lowest BCUT2D eigenvalue weighted by Crippen LogP contribution is -2.37. The Morgan fingerprint density at radius 1 is 1.32 bits per heavy atom. The largest absolute Gasteiger partial charge is 0.357 e. The lowest BCUT2D eigenvalue weighted by molar-refractivity contribution is 0.387. The van der Waals surface area contributed by atoms with Gasteiger partial charge in [-0.05, 0) is 25.7 Å². The Morgan fingerprint density at radius 2 is 2.09 bits per heavy atom. The summed E-state index contributed by atoms with van der Waals surface area (Å²) in [5, 5.41) is 10.5. The first-order chi connectivity index (χ1) is 10.3. The maximum absolute atomic E-state index is 4.94. The van der Waals surface area contributed by atoms with Gasteiger partial charge in [0.05, 0.1) is 0 Å². The van der Waals surface area contributed by atoms with Crippen LogP contribution in [-0.2, 0) is 6.54 Å². The van der Waals surface area contributed by atoms with Crippen LogP contribution in [0.5, 0.6) is 0 Å². The Morgan fingerprint density at radius 3 is 2.73 bits per heavy atom. The molecule has 1 aliphatic rings. The second-order valence-corrected chi connectivity index (χ2v) is 5.64. The average molecular weight is 421 g/mol. The van der Waals surface area contributed by atoms with Crippen molar-refractivity contribution in [2.45, 2.75) is 58.9 Å². The minimum Gasteiger partial charge on any atom is -0.357 e. The number of nitrogens with one attached hydrogen (secondary N) is 2. The van der Waals surface area contributed by atoms with Crippen molar-refractivity contribution in [3.8, 4) is 0 Å². The summed E-state index contributed by atoms with van der Waals surface area (Å²) in [6.45, 7) is 6.10. The minimum absolute atomic E-state index is 0. The first-order valence-electron chi connectivity index (χ1n) is 8.09. The molecule has 0 aliphatic heterocycles. The van der Waals surface area contributed by atoms with E-state index in [4.69, 9.17) is 4.52 Å². The Hall–Kier alpha value is -0.860. The van der Waals surface area contributed by atoms with Gasteiger partial charge in [0.25, 0.3) is 0 Å². The van der Waals surface area contributed by atoms with Crippen LogP contribution in [0, 0.1) is 12.8 Å². The highest BCUT2D eigenvalue weighted by molar-refractivity contribution is 14.0. The number of rotatable bonds is 7. The van der Waals surface area contributed by atoms with Gasteiger partial charge in [0, 0.05) is 20.0 Å². The molecule has 126 valence electrons. The van der Waals surface area contributed by atoms with E-state index >= 15 is 0 Å². The molecule has 1 fully saturated rings. The van der Waals surface area contributed by atoms with Crippen molar-refractivity contribution < 1.29 is 4.52 Å². The molecule has 0 unspecified atom stereocenters. The molecule has 0 spiro atoms. The van der Waals surface area contributed by atoms with Gasteiger partial charge in [-0.25, -0.2) is 4.99 Å². The molecular weight excluding hydrogens is 393 g/mol. The third-order valence-corrected chi connectivity index (χ3v) is 3.85. The zero-order valence-electron chi connectivity index (χ0n) is 13.6. The van der Waals surface area contributed by atoms with Crippen molar-refractivity contribution in [2.24, 2.45) is 10.9 Å². The average Bonchev–Trinajstić information content (AvgIpc) is 3.12. The van der Waals surface area contributed by atoms with E-state index in [1.165, 1.54) is 38.5 Å². The molecule has 2 rings (SSSR count). The van der Waals surface area contributed by atoms with Crippen molar-refractivity contribution >= 4 is 29.9 Å². The molecule has 0 saturated heterocycles. The van der Waals surface area contributed by atoms with Crippen molar-refractivity contribution in [3.05, 3.63) is 11.7 Å². The predicted octanol–water partition coefficient (Wildman–Crippen LogP) is 3.02. The van der Waals surface area contributed by atoms with Gasteiger partial charge in [-0.15, -0.1) is 24.0 Å². The first kappa shape index (κ1) is 19.2. The fourth-order valence-electron chi connectivity index (χ4n) is 2.79. The third-order valence-electron chi connectivity index (χ3n) is 3.85.